The minimum atomic E-state index is -0.642. The molecular weight excluding hydrogens is 264 g/mol. The quantitative estimate of drug-likeness (QED) is 0.871. The SMILES string of the molecule is COC(=O)c1ccc(CNc2c(F)cccc2F)cc1. The molecule has 0 aliphatic rings. The van der Waals surface area contributed by atoms with Gasteiger partial charge in [-0.15, -0.1) is 0 Å². The van der Waals surface area contributed by atoms with E-state index in [1.165, 1.54) is 25.3 Å². The summed E-state index contributed by atoms with van der Waals surface area (Å²) in [5.41, 5.74) is 1.05. The van der Waals surface area contributed by atoms with E-state index in [0.717, 1.165) is 5.56 Å². The first-order valence-electron chi connectivity index (χ1n) is 5.97. The van der Waals surface area contributed by atoms with Crippen LogP contribution in [-0.4, -0.2) is 13.1 Å². The van der Waals surface area contributed by atoms with Crippen molar-refractivity contribution in [2.24, 2.45) is 0 Å². The first kappa shape index (κ1) is 14.0. The molecule has 0 aromatic heterocycles. The summed E-state index contributed by atoms with van der Waals surface area (Å²) in [5.74, 6) is -1.71. The van der Waals surface area contributed by atoms with Crippen LogP contribution in [0.15, 0.2) is 42.5 Å². The summed E-state index contributed by atoms with van der Waals surface area (Å²) >= 11 is 0. The number of rotatable bonds is 4. The van der Waals surface area contributed by atoms with Crippen LogP contribution < -0.4 is 5.32 Å². The summed E-state index contributed by atoms with van der Waals surface area (Å²) in [6, 6.07) is 10.3. The Kier molecular flexibility index (Phi) is 4.30. The highest BCUT2D eigenvalue weighted by molar-refractivity contribution is 5.89. The van der Waals surface area contributed by atoms with Gasteiger partial charge in [-0.2, -0.15) is 0 Å². The Morgan fingerprint density at radius 2 is 1.70 bits per heavy atom. The third kappa shape index (κ3) is 3.12. The summed E-state index contributed by atoms with van der Waals surface area (Å²) < 4.78 is 31.4. The van der Waals surface area contributed by atoms with E-state index in [1.807, 2.05) is 0 Å². The molecule has 0 unspecified atom stereocenters. The number of halogens is 2. The average Bonchev–Trinajstić information content (AvgIpc) is 2.46. The Morgan fingerprint density at radius 1 is 1.10 bits per heavy atom. The maximum atomic E-state index is 13.4. The van der Waals surface area contributed by atoms with Gasteiger partial charge in [-0.05, 0) is 29.8 Å². The highest BCUT2D eigenvalue weighted by Crippen LogP contribution is 2.19. The fourth-order valence-electron chi connectivity index (χ4n) is 1.73. The van der Waals surface area contributed by atoms with Crippen LogP contribution in [0, 0.1) is 11.6 Å². The van der Waals surface area contributed by atoms with Crippen molar-refractivity contribution in [1.29, 1.82) is 0 Å². The van der Waals surface area contributed by atoms with Crippen LogP contribution >= 0.6 is 0 Å². The molecule has 0 atom stereocenters. The van der Waals surface area contributed by atoms with Crippen molar-refractivity contribution in [2.45, 2.75) is 6.54 Å². The largest absolute Gasteiger partial charge is 0.465 e. The number of methoxy groups -OCH3 is 1. The molecule has 1 N–H and O–H groups in total. The summed E-state index contributed by atoms with van der Waals surface area (Å²) in [6.45, 7) is 0.249. The van der Waals surface area contributed by atoms with E-state index in [1.54, 1.807) is 24.3 Å². The number of anilines is 1. The van der Waals surface area contributed by atoms with Gasteiger partial charge in [0, 0.05) is 6.54 Å². The van der Waals surface area contributed by atoms with Gasteiger partial charge >= 0.3 is 5.97 Å². The molecule has 0 radical (unpaired) electrons. The van der Waals surface area contributed by atoms with Crippen molar-refractivity contribution in [1.82, 2.24) is 0 Å². The van der Waals surface area contributed by atoms with E-state index < -0.39 is 17.6 Å². The Morgan fingerprint density at radius 3 is 2.25 bits per heavy atom. The minimum absolute atomic E-state index is 0.162. The number of ether oxygens (including phenoxy) is 1. The second-order valence-corrected chi connectivity index (χ2v) is 4.14. The van der Waals surface area contributed by atoms with Crippen LogP contribution in [0.3, 0.4) is 0 Å². The minimum Gasteiger partial charge on any atom is -0.465 e. The molecule has 2 aromatic carbocycles. The Labute approximate surface area is 115 Å². The Bertz CT molecular complexity index is 592. The lowest BCUT2D eigenvalue weighted by Crippen LogP contribution is -2.05. The van der Waals surface area contributed by atoms with E-state index in [4.69, 9.17) is 0 Å². The predicted molar refractivity (Wildman–Crippen MR) is 71.5 cm³/mol. The van der Waals surface area contributed by atoms with Gasteiger partial charge in [-0.3, -0.25) is 0 Å². The van der Waals surface area contributed by atoms with Gasteiger partial charge in [-0.25, -0.2) is 13.6 Å². The first-order chi connectivity index (χ1) is 9.61. The molecule has 0 spiro atoms. The monoisotopic (exact) mass is 277 g/mol. The molecule has 0 aliphatic heterocycles. The van der Waals surface area contributed by atoms with Crippen LogP contribution in [0.4, 0.5) is 14.5 Å². The highest BCUT2D eigenvalue weighted by Gasteiger charge is 2.08. The lowest BCUT2D eigenvalue weighted by molar-refractivity contribution is 0.0600. The topological polar surface area (TPSA) is 38.3 Å². The van der Waals surface area contributed by atoms with E-state index in [-0.39, 0.29) is 12.2 Å². The van der Waals surface area contributed by atoms with Crippen molar-refractivity contribution in [2.75, 3.05) is 12.4 Å². The molecule has 0 heterocycles. The molecule has 104 valence electrons. The van der Waals surface area contributed by atoms with Crippen LogP contribution in [0.25, 0.3) is 0 Å². The molecule has 5 heteroatoms. The summed E-state index contributed by atoms with van der Waals surface area (Å²) in [7, 11) is 1.30. The van der Waals surface area contributed by atoms with Crippen LogP contribution in [0.5, 0.6) is 0 Å². The van der Waals surface area contributed by atoms with Crippen LogP contribution in [0.1, 0.15) is 15.9 Å². The molecule has 2 rings (SSSR count). The Hall–Kier alpha value is -2.43. The van der Waals surface area contributed by atoms with Crippen LogP contribution in [-0.2, 0) is 11.3 Å². The van der Waals surface area contributed by atoms with Crippen molar-refractivity contribution >= 4 is 11.7 Å². The van der Waals surface area contributed by atoms with Gasteiger partial charge in [0.15, 0.2) is 0 Å². The van der Waals surface area contributed by atoms with Crippen molar-refractivity contribution in [3.05, 3.63) is 65.2 Å². The maximum absolute atomic E-state index is 13.4. The zero-order chi connectivity index (χ0) is 14.5. The van der Waals surface area contributed by atoms with Gasteiger partial charge in [0.25, 0.3) is 0 Å². The highest BCUT2D eigenvalue weighted by atomic mass is 19.1. The second-order valence-electron chi connectivity index (χ2n) is 4.14. The van der Waals surface area contributed by atoms with E-state index in [9.17, 15) is 13.6 Å². The number of nitrogens with one attached hydrogen (secondary N) is 1. The van der Waals surface area contributed by atoms with Gasteiger partial charge < -0.3 is 10.1 Å². The number of carbonyl (C=O) groups excluding carboxylic acids is 1. The zero-order valence-electron chi connectivity index (χ0n) is 10.8. The summed E-state index contributed by atoms with van der Waals surface area (Å²) in [6.07, 6.45) is 0. The second kappa shape index (κ2) is 6.14. The van der Waals surface area contributed by atoms with E-state index >= 15 is 0 Å². The first-order valence-corrected chi connectivity index (χ1v) is 5.97. The molecule has 3 nitrogen and oxygen atoms in total. The fraction of sp³-hybridized carbons (Fsp3) is 0.133. The molecule has 0 saturated heterocycles. The summed E-state index contributed by atoms with van der Waals surface area (Å²) in [4.78, 5) is 11.3. The number of esters is 1. The lowest BCUT2D eigenvalue weighted by Gasteiger charge is -2.09. The predicted octanol–water partition coefficient (Wildman–Crippen LogP) is 3.36. The summed E-state index contributed by atoms with van der Waals surface area (Å²) in [5, 5.41) is 2.69. The smallest absolute Gasteiger partial charge is 0.337 e. The number of benzene rings is 2. The average molecular weight is 277 g/mol. The van der Waals surface area contributed by atoms with Gasteiger partial charge in [-0.1, -0.05) is 18.2 Å². The normalized spacial score (nSPS) is 10.2. The standard InChI is InChI=1S/C15H13F2NO2/c1-20-15(19)11-7-5-10(6-8-11)9-18-14-12(16)3-2-4-13(14)17/h2-8,18H,9H2,1H3. The maximum Gasteiger partial charge on any atom is 0.337 e. The third-order valence-corrected chi connectivity index (χ3v) is 2.81. The molecule has 0 saturated carbocycles. The zero-order valence-corrected chi connectivity index (χ0v) is 10.8. The van der Waals surface area contributed by atoms with Gasteiger partial charge in [0.2, 0.25) is 0 Å². The molecule has 0 bridgehead atoms. The fourth-order valence-corrected chi connectivity index (χ4v) is 1.73. The van der Waals surface area contributed by atoms with Crippen molar-refractivity contribution in [3.63, 3.8) is 0 Å². The lowest BCUT2D eigenvalue weighted by atomic mass is 10.1. The van der Waals surface area contributed by atoms with Crippen molar-refractivity contribution < 1.29 is 18.3 Å². The number of hydrogen-bond acceptors (Lipinski definition) is 3. The van der Waals surface area contributed by atoms with E-state index in [0.29, 0.717) is 5.56 Å². The van der Waals surface area contributed by atoms with Gasteiger partial charge in [0.1, 0.15) is 17.3 Å². The van der Waals surface area contributed by atoms with Crippen molar-refractivity contribution in [3.8, 4) is 0 Å². The molecule has 20 heavy (non-hydrogen) atoms. The van der Waals surface area contributed by atoms with E-state index in [2.05, 4.69) is 10.1 Å². The third-order valence-electron chi connectivity index (χ3n) is 2.81. The number of carbonyl (C=O) groups is 1. The van der Waals surface area contributed by atoms with Crippen LogP contribution in [0.2, 0.25) is 0 Å². The molecule has 0 amide bonds. The molecule has 2 aromatic rings. The number of hydrogen-bond donors (Lipinski definition) is 1. The Balaban J connectivity index is 2.06. The van der Waals surface area contributed by atoms with Gasteiger partial charge in [0.05, 0.1) is 12.7 Å². The molecular formula is C15H13F2NO2. The molecule has 0 aliphatic carbocycles. The molecule has 0 fully saturated rings. The number of para-hydroxylation sites is 1.